The first-order chi connectivity index (χ1) is 8.08. The molecule has 0 amide bonds. The highest BCUT2D eigenvalue weighted by Gasteiger charge is 2.22. The molecule has 1 heterocycles. The number of aromatic nitrogens is 2. The van der Waals surface area contributed by atoms with Crippen LogP contribution >= 0.6 is 0 Å². The van der Waals surface area contributed by atoms with Crippen molar-refractivity contribution in [3.05, 3.63) is 53.9 Å². The molecular formula is C14H18N2O. The highest BCUT2D eigenvalue weighted by atomic mass is 16.3. The molecule has 1 unspecified atom stereocenters. The number of rotatable bonds is 4. The van der Waals surface area contributed by atoms with Gasteiger partial charge in [0.05, 0.1) is 11.8 Å². The van der Waals surface area contributed by atoms with Crippen LogP contribution in [0.1, 0.15) is 24.5 Å². The maximum Gasteiger partial charge on any atom is 0.0871 e. The van der Waals surface area contributed by atoms with Gasteiger partial charge in [0.15, 0.2) is 0 Å². The summed E-state index contributed by atoms with van der Waals surface area (Å²) in [5, 5.41) is 14.6. The van der Waals surface area contributed by atoms with E-state index in [1.165, 1.54) is 0 Å². The molecule has 2 aromatic rings. The van der Waals surface area contributed by atoms with E-state index in [-0.39, 0.29) is 0 Å². The van der Waals surface area contributed by atoms with Gasteiger partial charge in [-0.15, -0.1) is 0 Å². The summed E-state index contributed by atoms with van der Waals surface area (Å²) >= 11 is 0. The molecule has 1 N–H and O–H groups in total. The Morgan fingerprint density at radius 3 is 2.59 bits per heavy atom. The van der Waals surface area contributed by atoms with Crippen molar-refractivity contribution in [1.29, 1.82) is 0 Å². The van der Waals surface area contributed by atoms with Gasteiger partial charge in [0.2, 0.25) is 0 Å². The average molecular weight is 230 g/mol. The van der Waals surface area contributed by atoms with Crippen molar-refractivity contribution < 1.29 is 5.11 Å². The van der Waals surface area contributed by atoms with E-state index >= 15 is 0 Å². The van der Waals surface area contributed by atoms with Gasteiger partial charge in [0.1, 0.15) is 0 Å². The van der Waals surface area contributed by atoms with Crippen molar-refractivity contribution in [1.82, 2.24) is 9.78 Å². The van der Waals surface area contributed by atoms with Gasteiger partial charge in [-0.25, -0.2) is 0 Å². The van der Waals surface area contributed by atoms with Crippen molar-refractivity contribution >= 4 is 0 Å². The average Bonchev–Trinajstić information content (AvgIpc) is 2.74. The SMILES string of the molecule is Cn1cc(CCC(C)(O)c2ccccc2)cn1. The first-order valence-corrected chi connectivity index (χ1v) is 5.83. The minimum absolute atomic E-state index is 0.697. The molecule has 90 valence electrons. The first kappa shape index (κ1) is 11.9. The molecule has 0 radical (unpaired) electrons. The third kappa shape index (κ3) is 2.94. The summed E-state index contributed by atoms with van der Waals surface area (Å²) < 4.78 is 1.78. The molecular weight excluding hydrogens is 212 g/mol. The summed E-state index contributed by atoms with van der Waals surface area (Å²) in [4.78, 5) is 0. The van der Waals surface area contributed by atoms with Crippen LogP contribution in [0.3, 0.4) is 0 Å². The highest BCUT2D eigenvalue weighted by Crippen LogP contribution is 2.25. The van der Waals surface area contributed by atoms with E-state index in [2.05, 4.69) is 5.10 Å². The van der Waals surface area contributed by atoms with Crippen molar-refractivity contribution in [3.63, 3.8) is 0 Å². The Hall–Kier alpha value is -1.61. The van der Waals surface area contributed by atoms with E-state index < -0.39 is 5.60 Å². The van der Waals surface area contributed by atoms with Crippen LogP contribution in [0.2, 0.25) is 0 Å². The molecule has 1 atom stereocenters. The molecule has 0 bridgehead atoms. The number of hydrogen-bond donors (Lipinski definition) is 1. The Morgan fingerprint density at radius 2 is 2.00 bits per heavy atom. The second-order valence-corrected chi connectivity index (χ2v) is 4.66. The van der Waals surface area contributed by atoms with Crippen LogP contribution in [-0.4, -0.2) is 14.9 Å². The Balaban J connectivity index is 2.03. The van der Waals surface area contributed by atoms with Gasteiger partial charge in [0.25, 0.3) is 0 Å². The molecule has 3 nitrogen and oxygen atoms in total. The lowest BCUT2D eigenvalue weighted by molar-refractivity contribution is 0.0480. The minimum Gasteiger partial charge on any atom is -0.385 e. The van der Waals surface area contributed by atoms with E-state index in [0.29, 0.717) is 6.42 Å². The van der Waals surface area contributed by atoms with Crippen LogP contribution in [0.5, 0.6) is 0 Å². The zero-order chi connectivity index (χ0) is 12.3. The smallest absolute Gasteiger partial charge is 0.0871 e. The Bertz CT molecular complexity index is 474. The van der Waals surface area contributed by atoms with E-state index in [0.717, 1.165) is 17.5 Å². The van der Waals surface area contributed by atoms with E-state index in [4.69, 9.17) is 0 Å². The zero-order valence-electron chi connectivity index (χ0n) is 10.3. The topological polar surface area (TPSA) is 38.0 Å². The van der Waals surface area contributed by atoms with Gasteiger partial charge >= 0.3 is 0 Å². The number of aliphatic hydroxyl groups is 1. The lowest BCUT2D eigenvalue weighted by Crippen LogP contribution is -2.21. The minimum atomic E-state index is -0.781. The fourth-order valence-corrected chi connectivity index (χ4v) is 1.93. The number of hydrogen-bond acceptors (Lipinski definition) is 2. The Kier molecular flexibility index (Phi) is 3.29. The second-order valence-electron chi connectivity index (χ2n) is 4.66. The fraction of sp³-hybridized carbons (Fsp3) is 0.357. The summed E-state index contributed by atoms with van der Waals surface area (Å²) in [7, 11) is 1.90. The highest BCUT2D eigenvalue weighted by molar-refractivity contribution is 5.21. The lowest BCUT2D eigenvalue weighted by atomic mass is 9.90. The summed E-state index contributed by atoms with van der Waals surface area (Å²) in [5.41, 5.74) is 1.34. The molecule has 0 fully saturated rings. The van der Waals surface area contributed by atoms with Crippen LogP contribution in [0, 0.1) is 0 Å². The quantitative estimate of drug-likeness (QED) is 0.875. The predicted octanol–water partition coefficient (Wildman–Crippen LogP) is 2.26. The second kappa shape index (κ2) is 4.72. The third-order valence-electron chi connectivity index (χ3n) is 3.05. The zero-order valence-corrected chi connectivity index (χ0v) is 10.3. The maximum atomic E-state index is 10.4. The van der Waals surface area contributed by atoms with E-state index in [1.807, 2.05) is 56.7 Å². The van der Waals surface area contributed by atoms with Crippen LogP contribution in [0.25, 0.3) is 0 Å². The van der Waals surface area contributed by atoms with Crippen LogP contribution < -0.4 is 0 Å². The van der Waals surface area contributed by atoms with Crippen molar-refractivity contribution in [2.24, 2.45) is 7.05 Å². The summed E-state index contributed by atoms with van der Waals surface area (Å²) in [5.74, 6) is 0. The summed E-state index contributed by atoms with van der Waals surface area (Å²) in [6.07, 6.45) is 5.36. The third-order valence-corrected chi connectivity index (χ3v) is 3.05. The fourth-order valence-electron chi connectivity index (χ4n) is 1.93. The van der Waals surface area contributed by atoms with Gasteiger partial charge in [0, 0.05) is 13.2 Å². The van der Waals surface area contributed by atoms with Gasteiger partial charge in [-0.05, 0) is 30.9 Å². The van der Waals surface area contributed by atoms with Crippen molar-refractivity contribution in [2.75, 3.05) is 0 Å². The molecule has 1 aromatic carbocycles. The Labute approximate surface area is 102 Å². The first-order valence-electron chi connectivity index (χ1n) is 5.83. The summed E-state index contributed by atoms with van der Waals surface area (Å²) in [6, 6.07) is 9.79. The molecule has 0 aliphatic carbocycles. The number of benzene rings is 1. The molecule has 0 saturated heterocycles. The van der Waals surface area contributed by atoms with Gasteiger partial charge < -0.3 is 5.11 Å². The van der Waals surface area contributed by atoms with E-state index in [1.54, 1.807) is 4.68 Å². The van der Waals surface area contributed by atoms with E-state index in [9.17, 15) is 5.11 Å². The Morgan fingerprint density at radius 1 is 1.29 bits per heavy atom. The standard InChI is InChI=1S/C14H18N2O/c1-14(17,13-6-4-3-5-7-13)9-8-12-10-15-16(2)11-12/h3-7,10-11,17H,8-9H2,1-2H3. The molecule has 3 heteroatoms. The largest absolute Gasteiger partial charge is 0.385 e. The molecule has 2 rings (SSSR count). The monoisotopic (exact) mass is 230 g/mol. The maximum absolute atomic E-state index is 10.4. The molecule has 0 spiro atoms. The van der Waals surface area contributed by atoms with Crippen LogP contribution in [0.15, 0.2) is 42.7 Å². The predicted molar refractivity (Wildman–Crippen MR) is 67.5 cm³/mol. The van der Waals surface area contributed by atoms with Gasteiger partial charge in [-0.3, -0.25) is 4.68 Å². The number of aryl methyl sites for hydroxylation is 2. The van der Waals surface area contributed by atoms with Crippen LogP contribution in [0.4, 0.5) is 0 Å². The molecule has 17 heavy (non-hydrogen) atoms. The molecule has 1 aromatic heterocycles. The molecule has 0 saturated carbocycles. The van der Waals surface area contributed by atoms with Gasteiger partial charge in [-0.1, -0.05) is 30.3 Å². The number of nitrogens with zero attached hydrogens (tertiary/aromatic N) is 2. The van der Waals surface area contributed by atoms with Crippen molar-refractivity contribution in [3.8, 4) is 0 Å². The van der Waals surface area contributed by atoms with Crippen LogP contribution in [-0.2, 0) is 19.1 Å². The molecule has 0 aliphatic rings. The normalized spacial score (nSPS) is 14.5. The summed E-state index contributed by atoms with van der Waals surface area (Å²) in [6.45, 7) is 1.86. The van der Waals surface area contributed by atoms with Gasteiger partial charge in [-0.2, -0.15) is 5.10 Å². The lowest BCUT2D eigenvalue weighted by Gasteiger charge is -2.23. The molecule has 0 aliphatic heterocycles. The van der Waals surface area contributed by atoms with Crippen molar-refractivity contribution in [2.45, 2.75) is 25.4 Å².